The van der Waals surface area contributed by atoms with Gasteiger partial charge in [0.25, 0.3) is 0 Å². The molecule has 5 nitrogen and oxygen atoms in total. The second-order valence-electron chi connectivity index (χ2n) is 7.51. The van der Waals surface area contributed by atoms with Crippen molar-refractivity contribution in [1.82, 2.24) is 0 Å². The molecule has 0 amide bonds. The Labute approximate surface area is 179 Å². The van der Waals surface area contributed by atoms with E-state index in [9.17, 15) is 4.79 Å². The summed E-state index contributed by atoms with van der Waals surface area (Å²) in [7, 11) is 1.45. The Morgan fingerprint density at radius 3 is 2.73 bits per heavy atom. The molecule has 0 spiro atoms. The number of carbonyl (C=O) groups excluding carboxylic acids is 1. The van der Waals surface area contributed by atoms with E-state index in [1.54, 1.807) is 0 Å². The summed E-state index contributed by atoms with van der Waals surface area (Å²) in [6.07, 6.45) is 2.75. The number of hydrogen-bond acceptors (Lipinski definition) is 5. The fourth-order valence-corrected chi connectivity index (χ4v) is 3.96. The third-order valence-electron chi connectivity index (χ3n) is 5.54. The Balaban J connectivity index is 1.52. The number of rotatable bonds is 9. The highest BCUT2D eigenvalue weighted by atomic mass is 16.5. The first-order valence-corrected chi connectivity index (χ1v) is 10.7. The number of nitrogens with zero attached hydrogens (tertiary/aromatic N) is 1. The molecular formula is C25H31NO4. The average Bonchev–Trinajstić information content (AvgIpc) is 3.21. The number of ether oxygens (including phenoxy) is 3. The fraction of sp³-hybridized carbons (Fsp3) is 0.440. The summed E-state index contributed by atoms with van der Waals surface area (Å²) < 4.78 is 16.5. The van der Waals surface area contributed by atoms with Crippen LogP contribution in [0.5, 0.6) is 5.75 Å². The van der Waals surface area contributed by atoms with Crippen LogP contribution in [0.2, 0.25) is 0 Å². The molecule has 0 saturated carbocycles. The molecule has 2 unspecified atom stereocenters. The zero-order chi connectivity index (χ0) is 21.3. The van der Waals surface area contributed by atoms with Gasteiger partial charge in [0.2, 0.25) is 5.90 Å². The van der Waals surface area contributed by atoms with Crippen molar-refractivity contribution < 1.29 is 19.0 Å². The molecule has 5 heteroatoms. The minimum absolute atomic E-state index is 0.120. The van der Waals surface area contributed by atoms with E-state index in [2.05, 4.69) is 17.1 Å². The summed E-state index contributed by atoms with van der Waals surface area (Å²) in [4.78, 5) is 16.5. The van der Waals surface area contributed by atoms with Crippen LogP contribution in [0.1, 0.15) is 49.3 Å². The lowest BCUT2D eigenvalue weighted by Gasteiger charge is -2.18. The molecule has 1 aliphatic rings. The van der Waals surface area contributed by atoms with Crippen LogP contribution in [0.25, 0.3) is 0 Å². The first kappa shape index (κ1) is 21.9. The topological polar surface area (TPSA) is 57.1 Å². The van der Waals surface area contributed by atoms with Crippen LogP contribution in [-0.4, -0.2) is 38.7 Å². The lowest BCUT2D eigenvalue weighted by atomic mass is 9.89. The van der Waals surface area contributed by atoms with Gasteiger partial charge in [-0.05, 0) is 61.1 Å². The van der Waals surface area contributed by atoms with Crippen LogP contribution in [0.3, 0.4) is 0 Å². The van der Waals surface area contributed by atoms with Gasteiger partial charge in [0.15, 0.2) is 0 Å². The molecule has 3 rings (SSSR count). The number of carbonyl (C=O) groups is 1. The molecule has 0 radical (unpaired) electrons. The summed E-state index contributed by atoms with van der Waals surface area (Å²) in [6, 6.07) is 16.2. The van der Waals surface area contributed by atoms with Crippen molar-refractivity contribution in [2.24, 2.45) is 10.9 Å². The highest BCUT2D eigenvalue weighted by Gasteiger charge is 2.32. The number of fused-ring (bicyclic) bond motifs is 1. The molecule has 0 aromatic heterocycles. The van der Waals surface area contributed by atoms with Gasteiger partial charge in [-0.25, -0.2) is 0 Å². The Bertz CT molecular complexity index is 863. The Kier molecular flexibility index (Phi) is 7.89. The van der Waals surface area contributed by atoms with Crippen molar-refractivity contribution in [2.45, 2.75) is 39.0 Å². The van der Waals surface area contributed by atoms with Crippen LogP contribution in [0.15, 0.2) is 53.5 Å². The zero-order valence-electron chi connectivity index (χ0n) is 18.1. The lowest BCUT2D eigenvalue weighted by molar-refractivity contribution is -0.145. The minimum atomic E-state index is -0.143. The number of aryl methyl sites for hydroxylation is 1. The van der Waals surface area contributed by atoms with Crippen molar-refractivity contribution in [3.63, 3.8) is 0 Å². The van der Waals surface area contributed by atoms with Crippen molar-refractivity contribution in [1.29, 1.82) is 0 Å². The lowest BCUT2D eigenvalue weighted by Crippen LogP contribution is -2.19. The molecule has 0 bridgehead atoms. The minimum Gasteiger partial charge on any atom is -0.494 e. The van der Waals surface area contributed by atoms with Crippen LogP contribution in [0.4, 0.5) is 0 Å². The Hall–Kier alpha value is -2.82. The van der Waals surface area contributed by atoms with Crippen molar-refractivity contribution in [2.75, 3.05) is 26.9 Å². The van der Waals surface area contributed by atoms with E-state index < -0.39 is 0 Å². The SMILES string of the molecule is CCOC(=NCCCOc1ccc2c(c1)CCC2C(C)C(=O)OC)c1ccccc1. The number of hydrogen-bond donors (Lipinski definition) is 0. The van der Waals surface area contributed by atoms with E-state index in [0.29, 0.717) is 25.7 Å². The number of methoxy groups -OCH3 is 1. The first-order valence-electron chi connectivity index (χ1n) is 10.7. The van der Waals surface area contributed by atoms with Crippen LogP contribution < -0.4 is 4.74 Å². The monoisotopic (exact) mass is 409 g/mol. The summed E-state index contributed by atoms with van der Waals surface area (Å²) in [5, 5.41) is 0. The Morgan fingerprint density at radius 1 is 1.20 bits per heavy atom. The first-order chi connectivity index (χ1) is 14.6. The highest BCUT2D eigenvalue weighted by molar-refractivity contribution is 5.94. The van der Waals surface area contributed by atoms with Crippen LogP contribution in [-0.2, 0) is 20.7 Å². The van der Waals surface area contributed by atoms with E-state index in [0.717, 1.165) is 30.6 Å². The molecule has 0 N–H and O–H groups in total. The van der Waals surface area contributed by atoms with Gasteiger partial charge in [-0.2, -0.15) is 0 Å². The molecule has 0 heterocycles. The van der Waals surface area contributed by atoms with Gasteiger partial charge in [0, 0.05) is 18.5 Å². The second-order valence-corrected chi connectivity index (χ2v) is 7.51. The molecule has 0 fully saturated rings. The summed E-state index contributed by atoms with van der Waals surface area (Å²) >= 11 is 0. The van der Waals surface area contributed by atoms with Crippen molar-refractivity contribution in [3.8, 4) is 5.75 Å². The number of esters is 1. The predicted octanol–water partition coefficient (Wildman–Crippen LogP) is 4.78. The predicted molar refractivity (Wildman–Crippen MR) is 118 cm³/mol. The average molecular weight is 410 g/mol. The standard InChI is InChI=1S/C25H31NO4/c1-4-29-24(19-9-6-5-7-10-19)26-15-8-16-30-21-12-14-23-20(17-21)11-13-22(23)18(2)25(27)28-3/h5-7,9-10,12,14,17-18,22H,4,8,11,13,15-16H2,1-3H3. The molecule has 30 heavy (non-hydrogen) atoms. The fourth-order valence-electron chi connectivity index (χ4n) is 3.96. The van der Waals surface area contributed by atoms with E-state index in [4.69, 9.17) is 14.2 Å². The van der Waals surface area contributed by atoms with Gasteiger partial charge >= 0.3 is 5.97 Å². The smallest absolute Gasteiger partial charge is 0.308 e. The quantitative estimate of drug-likeness (QED) is 0.259. The molecule has 2 atom stereocenters. The molecular weight excluding hydrogens is 378 g/mol. The summed E-state index contributed by atoms with van der Waals surface area (Å²) in [5.74, 6) is 1.52. The third kappa shape index (κ3) is 5.41. The largest absolute Gasteiger partial charge is 0.494 e. The third-order valence-corrected chi connectivity index (χ3v) is 5.54. The van der Waals surface area contributed by atoms with Crippen molar-refractivity contribution >= 4 is 11.9 Å². The van der Waals surface area contributed by atoms with Crippen molar-refractivity contribution in [3.05, 3.63) is 65.2 Å². The van der Waals surface area contributed by atoms with Gasteiger partial charge < -0.3 is 14.2 Å². The molecule has 2 aromatic carbocycles. The van der Waals surface area contributed by atoms with E-state index in [1.807, 2.05) is 50.2 Å². The Morgan fingerprint density at radius 2 is 2.00 bits per heavy atom. The zero-order valence-corrected chi connectivity index (χ0v) is 18.1. The number of aliphatic imine (C=N–C) groups is 1. The van der Waals surface area contributed by atoms with E-state index in [-0.39, 0.29) is 17.8 Å². The number of benzene rings is 2. The molecule has 2 aromatic rings. The molecule has 0 aliphatic heterocycles. The maximum Gasteiger partial charge on any atom is 0.308 e. The van der Waals surface area contributed by atoms with Gasteiger partial charge in [-0.1, -0.05) is 31.2 Å². The normalized spacial score (nSPS) is 16.6. The van der Waals surface area contributed by atoms with E-state index >= 15 is 0 Å². The summed E-state index contributed by atoms with van der Waals surface area (Å²) in [6.45, 7) is 5.75. The van der Waals surface area contributed by atoms with Gasteiger partial charge in [-0.15, -0.1) is 0 Å². The van der Waals surface area contributed by atoms with Gasteiger partial charge in [0.1, 0.15) is 5.75 Å². The van der Waals surface area contributed by atoms with Gasteiger partial charge in [-0.3, -0.25) is 9.79 Å². The second kappa shape index (κ2) is 10.8. The maximum atomic E-state index is 11.9. The van der Waals surface area contributed by atoms with Gasteiger partial charge in [0.05, 0.1) is 26.2 Å². The summed E-state index contributed by atoms with van der Waals surface area (Å²) in [5.41, 5.74) is 3.51. The highest BCUT2D eigenvalue weighted by Crippen LogP contribution is 2.40. The molecule has 0 saturated heterocycles. The molecule has 1 aliphatic carbocycles. The van der Waals surface area contributed by atoms with E-state index in [1.165, 1.54) is 18.2 Å². The maximum absolute atomic E-state index is 11.9. The van der Waals surface area contributed by atoms with Crippen LogP contribution in [0, 0.1) is 5.92 Å². The van der Waals surface area contributed by atoms with Crippen LogP contribution >= 0.6 is 0 Å². The molecule has 160 valence electrons.